The normalized spacial score (nSPS) is 11.3. The number of ether oxygens (including phenoxy) is 2. The van der Waals surface area contributed by atoms with Crippen LogP contribution in [0.2, 0.25) is 0 Å². The van der Waals surface area contributed by atoms with Crippen LogP contribution in [0.15, 0.2) is 16.6 Å². The van der Waals surface area contributed by atoms with Gasteiger partial charge in [0, 0.05) is 4.47 Å². The molecule has 124 valence electrons. The molecule has 0 aliphatic rings. The summed E-state index contributed by atoms with van der Waals surface area (Å²) in [6, 6.07) is 2.19. The van der Waals surface area contributed by atoms with Gasteiger partial charge in [0.05, 0.1) is 12.2 Å². The quantitative estimate of drug-likeness (QED) is 0.772. The second-order valence-corrected chi connectivity index (χ2v) is 5.00. The van der Waals surface area contributed by atoms with Crippen LogP contribution in [0.3, 0.4) is 0 Å². The molecule has 2 aromatic rings. The Morgan fingerprint density at radius 2 is 2.09 bits per heavy atom. The van der Waals surface area contributed by atoms with Crippen molar-refractivity contribution >= 4 is 21.9 Å². The number of aromatic hydroxyl groups is 1. The molecule has 0 aliphatic heterocycles. The van der Waals surface area contributed by atoms with Crippen LogP contribution >= 0.6 is 15.9 Å². The third-order valence-electron chi connectivity index (χ3n) is 2.54. The van der Waals surface area contributed by atoms with Crippen molar-refractivity contribution in [3.05, 3.63) is 22.3 Å². The number of aromatic amines is 1. The maximum absolute atomic E-state index is 12.4. The molecule has 1 aromatic heterocycles. The maximum Gasteiger partial charge on any atom is 0.573 e. The topological polar surface area (TPSA) is 97.3 Å². The summed E-state index contributed by atoms with van der Waals surface area (Å²) < 4.78 is 45.8. The fraction of sp³-hybridized carbons (Fsp3) is 0.250. The molecule has 0 atom stereocenters. The van der Waals surface area contributed by atoms with Gasteiger partial charge in [0.2, 0.25) is 0 Å². The molecule has 0 spiro atoms. The van der Waals surface area contributed by atoms with E-state index < -0.39 is 23.8 Å². The van der Waals surface area contributed by atoms with Crippen LogP contribution in [0.25, 0.3) is 11.3 Å². The van der Waals surface area contributed by atoms with E-state index in [1.165, 1.54) is 6.07 Å². The van der Waals surface area contributed by atoms with Crippen molar-refractivity contribution in [3.8, 4) is 22.8 Å². The summed E-state index contributed by atoms with van der Waals surface area (Å²) in [5.74, 6) is -2.53. The van der Waals surface area contributed by atoms with E-state index in [4.69, 9.17) is 4.74 Å². The molecule has 0 fully saturated rings. The first-order valence-corrected chi connectivity index (χ1v) is 6.88. The van der Waals surface area contributed by atoms with E-state index in [1.807, 2.05) is 0 Å². The average Bonchev–Trinajstić information content (AvgIpc) is 2.90. The van der Waals surface area contributed by atoms with Gasteiger partial charge in [-0.3, -0.25) is 0 Å². The van der Waals surface area contributed by atoms with Crippen LogP contribution in [0.4, 0.5) is 13.2 Å². The molecule has 0 saturated carbocycles. The molecule has 1 heterocycles. The number of esters is 1. The number of carbonyl (C=O) groups is 1. The number of phenols is 1. The summed E-state index contributed by atoms with van der Waals surface area (Å²) in [5, 5.41) is 19.4. The van der Waals surface area contributed by atoms with Crippen molar-refractivity contribution in [3.63, 3.8) is 0 Å². The minimum absolute atomic E-state index is 0.0675. The molecule has 23 heavy (non-hydrogen) atoms. The smallest absolute Gasteiger partial charge is 0.504 e. The second kappa shape index (κ2) is 6.44. The van der Waals surface area contributed by atoms with Crippen molar-refractivity contribution < 1.29 is 32.5 Å². The number of aromatic nitrogens is 3. The van der Waals surface area contributed by atoms with Crippen molar-refractivity contribution in [1.29, 1.82) is 0 Å². The third-order valence-corrected chi connectivity index (χ3v) is 3.00. The lowest BCUT2D eigenvalue weighted by atomic mass is 10.1. The summed E-state index contributed by atoms with van der Waals surface area (Å²) in [5.41, 5.74) is -0.636. The van der Waals surface area contributed by atoms with Gasteiger partial charge in [-0.1, -0.05) is 15.9 Å². The number of nitrogens with zero attached hydrogens (tertiary/aromatic N) is 2. The van der Waals surface area contributed by atoms with Gasteiger partial charge in [-0.15, -0.1) is 18.3 Å². The minimum atomic E-state index is -5.00. The Bertz CT molecular complexity index is 733. The largest absolute Gasteiger partial charge is 0.573 e. The molecule has 0 amide bonds. The Morgan fingerprint density at radius 1 is 1.39 bits per heavy atom. The number of halogens is 4. The van der Waals surface area contributed by atoms with Crippen molar-refractivity contribution in [2.24, 2.45) is 0 Å². The van der Waals surface area contributed by atoms with Gasteiger partial charge < -0.3 is 14.6 Å². The first kappa shape index (κ1) is 17.1. The van der Waals surface area contributed by atoms with E-state index in [1.54, 1.807) is 6.92 Å². The molecule has 11 heteroatoms. The number of hydrogen-bond donors (Lipinski definition) is 2. The van der Waals surface area contributed by atoms with Crippen LogP contribution in [0, 0.1) is 0 Å². The summed E-state index contributed by atoms with van der Waals surface area (Å²) >= 11 is 3.00. The van der Waals surface area contributed by atoms with Crippen LogP contribution in [-0.2, 0) is 4.74 Å². The number of nitrogens with one attached hydrogen (secondary N) is 1. The summed E-state index contributed by atoms with van der Waals surface area (Å²) in [6.45, 7) is 1.64. The maximum atomic E-state index is 12.4. The van der Waals surface area contributed by atoms with Gasteiger partial charge in [0.15, 0.2) is 17.2 Å². The fourth-order valence-electron chi connectivity index (χ4n) is 1.72. The molecule has 0 aliphatic carbocycles. The molecule has 0 unspecified atom stereocenters. The molecular formula is C12H9BrF3N3O4. The van der Waals surface area contributed by atoms with Crippen LogP contribution in [-0.4, -0.2) is 39.5 Å². The average molecular weight is 396 g/mol. The molecule has 0 bridgehead atoms. The molecule has 7 nitrogen and oxygen atoms in total. The first-order valence-electron chi connectivity index (χ1n) is 6.09. The number of H-pyrrole nitrogens is 1. The Hall–Kier alpha value is -2.30. The SMILES string of the molecule is CCOC(=O)c1n[nH]nc1-c1cc(Br)cc(OC(F)(F)F)c1O. The molecule has 1 aromatic carbocycles. The number of carbonyl (C=O) groups excluding carboxylic acids is 1. The molecular weight excluding hydrogens is 387 g/mol. The van der Waals surface area contributed by atoms with E-state index in [-0.39, 0.29) is 28.0 Å². The summed E-state index contributed by atoms with van der Waals surface area (Å²) in [7, 11) is 0. The van der Waals surface area contributed by atoms with Crippen LogP contribution in [0.5, 0.6) is 11.5 Å². The highest BCUT2D eigenvalue weighted by Gasteiger charge is 2.33. The number of benzene rings is 1. The van der Waals surface area contributed by atoms with Crippen molar-refractivity contribution in [2.45, 2.75) is 13.3 Å². The Balaban J connectivity index is 2.53. The van der Waals surface area contributed by atoms with Gasteiger partial charge in [-0.25, -0.2) is 4.79 Å². The first-order chi connectivity index (χ1) is 10.7. The molecule has 0 saturated heterocycles. The Morgan fingerprint density at radius 3 is 2.70 bits per heavy atom. The predicted molar refractivity (Wildman–Crippen MR) is 73.8 cm³/mol. The Labute approximate surface area is 135 Å². The van der Waals surface area contributed by atoms with E-state index in [0.29, 0.717) is 0 Å². The fourth-order valence-corrected chi connectivity index (χ4v) is 2.15. The predicted octanol–water partition coefficient (Wildman–Crippen LogP) is 3.02. The number of phenolic OH excluding ortho intramolecular Hbond substituents is 1. The lowest BCUT2D eigenvalue weighted by Crippen LogP contribution is -2.17. The summed E-state index contributed by atoms with van der Waals surface area (Å²) in [4.78, 5) is 11.8. The number of rotatable bonds is 4. The summed E-state index contributed by atoms with van der Waals surface area (Å²) in [6.07, 6.45) is -5.00. The lowest BCUT2D eigenvalue weighted by Gasteiger charge is -2.13. The van der Waals surface area contributed by atoms with E-state index in [0.717, 1.165) is 6.07 Å². The monoisotopic (exact) mass is 395 g/mol. The van der Waals surface area contributed by atoms with E-state index in [2.05, 4.69) is 36.1 Å². The van der Waals surface area contributed by atoms with Crippen LogP contribution < -0.4 is 4.74 Å². The Kier molecular flexibility index (Phi) is 4.78. The highest BCUT2D eigenvalue weighted by atomic mass is 79.9. The standard InChI is InChI=1S/C12H9BrF3N3O4/c1-2-22-11(21)9-8(17-19-18-9)6-3-5(13)4-7(10(6)20)23-12(14,15)16/h3-4,20H,2H2,1H3,(H,17,18,19). The van der Waals surface area contributed by atoms with Gasteiger partial charge in [0.1, 0.15) is 5.69 Å². The van der Waals surface area contributed by atoms with Gasteiger partial charge >= 0.3 is 12.3 Å². The van der Waals surface area contributed by atoms with Gasteiger partial charge in [0.25, 0.3) is 0 Å². The number of alkyl halides is 3. The van der Waals surface area contributed by atoms with Crippen molar-refractivity contribution in [1.82, 2.24) is 15.4 Å². The van der Waals surface area contributed by atoms with Crippen LogP contribution in [0.1, 0.15) is 17.4 Å². The number of hydrogen-bond acceptors (Lipinski definition) is 6. The minimum Gasteiger partial charge on any atom is -0.504 e. The van der Waals surface area contributed by atoms with E-state index in [9.17, 15) is 23.1 Å². The molecule has 0 radical (unpaired) electrons. The van der Waals surface area contributed by atoms with E-state index >= 15 is 0 Å². The third kappa shape index (κ3) is 3.92. The highest BCUT2D eigenvalue weighted by Crippen LogP contribution is 2.42. The molecule has 2 N–H and O–H groups in total. The lowest BCUT2D eigenvalue weighted by molar-refractivity contribution is -0.275. The zero-order valence-electron chi connectivity index (χ0n) is 11.4. The van der Waals surface area contributed by atoms with Gasteiger partial charge in [-0.2, -0.15) is 10.3 Å². The zero-order chi connectivity index (χ0) is 17.2. The highest BCUT2D eigenvalue weighted by molar-refractivity contribution is 9.10. The second-order valence-electron chi connectivity index (χ2n) is 4.09. The van der Waals surface area contributed by atoms with Gasteiger partial charge in [-0.05, 0) is 19.1 Å². The zero-order valence-corrected chi connectivity index (χ0v) is 13.0. The molecule has 2 rings (SSSR count). The van der Waals surface area contributed by atoms with Crippen molar-refractivity contribution in [2.75, 3.05) is 6.61 Å².